The molecular formula is C26H30N4O4. The summed E-state index contributed by atoms with van der Waals surface area (Å²) in [6, 6.07) is 16.9. The van der Waals surface area contributed by atoms with Crippen molar-refractivity contribution in [3.05, 3.63) is 65.9 Å². The van der Waals surface area contributed by atoms with Gasteiger partial charge in [-0.05, 0) is 31.0 Å². The van der Waals surface area contributed by atoms with Crippen LogP contribution in [0.1, 0.15) is 41.7 Å². The Balaban J connectivity index is 1.69. The Hall–Kier alpha value is -3.81. The standard InChI is InChI=1S/C26H30N4O4/c1-30-20-13-6-5-11-18(20)21(22(30)24(32)33)26(25(27)34)14-8-7-12-19(26)23(31)29-16-15-28-17-9-3-2-4-10-17/h2-6,9-11,13,19,28H,7-8,12,14-16H2,1H3,(H2,27,34)(H,29,31)(H,32,33)/t19-,26-/m0/s1. The summed E-state index contributed by atoms with van der Waals surface area (Å²) in [5, 5.41) is 16.9. The minimum atomic E-state index is -1.40. The van der Waals surface area contributed by atoms with E-state index in [2.05, 4.69) is 10.6 Å². The molecule has 1 aliphatic rings. The minimum Gasteiger partial charge on any atom is -0.477 e. The van der Waals surface area contributed by atoms with Gasteiger partial charge in [-0.1, -0.05) is 49.2 Å². The first-order valence-corrected chi connectivity index (χ1v) is 11.6. The molecule has 0 spiro atoms. The molecule has 8 nitrogen and oxygen atoms in total. The second-order valence-electron chi connectivity index (χ2n) is 8.82. The zero-order valence-corrected chi connectivity index (χ0v) is 19.2. The number of aromatic carboxylic acids is 1. The average Bonchev–Trinajstić information content (AvgIpc) is 3.15. The van der Waals surface area contributed by atoms with Crippen molar-refractivity contribution in [3.8, 4) is 0 Å². The van der Waals surface area contributed by atoms with E-state index in [4.69, 9.17) is 5.73 Å². The summed E-state index contributed by atoms with van der Waals surface area (Å²) >= 11 is 0. The Bertz CT molecular complexity index is 1220. The Morgan fingerprint density at radius 3 is 2.47 bits per heavy atom. The number of carboxylic acid groups (broad SMARTS) is 1. The van der Waals surface area contributed by atoms with Crippen molar-refractivity contribution in [2.45, 2.75) is 31.1 Å². The number of fused-ring (bicyclic) bond motifs is 1. The summed E-state index contributed by atoms with van der Waals surface area (Å²) in [6.45, 7) is 0.876. The molecule has 2 atom stereocenters. The molecule has 1 aliphatic carbocycles. The number of amides is 2. The second-order valence-corrected chi connectivity index (χ2v) is 8.82. The predicted octanol–water partition coefficient (Wildman–Crippen LogP) is 3.02. The lowest BCUT2D eigenvalue weighted by atomic mass is 9.61. The zero-order valence-electron chi connectivity index (χ0n) is 19.2. The monoisotopic (exact) mass is 462 g/mol. The van der Waals surface area contributed by atoms with Crippen molar-refractivity contribution in [1.82, 2.24) is 9.88 Å². The van der Waals surface area contributed by atoms with Crippen LogP contribution in [0.2, 0.25) is 0 Å². The minimum absolute atomic E-state index is 0.00504. The van der Waals surface area contributed by atoms with Gasteiger partial charge in [0.15, 0.2) is 0 Å². The van der Waals surface area contributed by atoms with E-state index >= 15 is 0 Å². The number of hydrogen-bond donors (Lipinski definition) is 4. The topological polar surface area (TPSA) is 126 Å². The smallest absolute Gasteiger partial charge is 0.352 e. The SMILES string of the molecule is Cn1c(C(=O)O)c([C@]2(C(N)=O)CCCC[C@H]2C(=O)NCCNc2ccccc2)c2ccccc21. The van der Waals surface area contributed by atoms with Crippen LogP contribution in [-0.2, 0) is 22.1 Å². The fourth-order valence-electron chi connectivity index (χ4n) is 5.41. The molecule has 1 saturated carbocycles. The number of nitrogens with two attached hydrogens (primary N) is 1. The number of nitrogens with one attached hydrogen (secondary N) is 2. The van der Waals surface area contributed by atoms with E-state index in [1.165, 1.54) is 0 Å². The predicted molar refractivity (Wildman–Crippen MR) is 131 cm³/mol. The third-order valence-corrected chi connectivity index (χ3v) is 6.95. The van der Waals surface area contributed by atoms with Crippen LogP contribution in [0.5, 0.6) is 0 Å². The van der Waals surface area contributed by atoms with Gasteiger partial charge in [0, 0.05) is 42.3 Å². The van der Waals surface area contributed by atoms with Gasteiger partial charge in [0.25, 0.3) is 0 Å². The van der Waals surface area contributed by atoms with Crippen LogP contribution in [0.25, 0.3) is 10.9 Å². The van der Waals surface area contributed by atoms with E-state index in [-0.39, 0.29) is 11.6 Å². The molecule has 3 aromatic rings. The fraction of sp³-hybridized carbons (Fsp3) is 0.346. The molecule has 34 heavy (non-hydrogen) atoms. The number of anilines is 1. The molecule has 4 rings (SSSR count). The lowest BCUT2D eigenvalue weighted by Gasteiger charge is -2.41. The van der Waals surface area contributed by atoms with E-state index in [0.717, 1.165) is 12.1 Å². The van der Waals surface area contributed by atoms with Gasteiger partial charge >= 0.3 is 5.97 Å². The summed E-state index contributed by atoms with van der Waals surface area (Å²) in [5.41, 5.74) is 6.62. The molecule has 0 unspecified atom stereocenters. The van der Waals surface area contributed by atoms with Gasteiger partial charge in [-0.15, -0.1) is 0 Å². The maximum atomic E-state index is 13.4. The van der Waals surface area contributed by atoms with E-state index < -0.39 is 23.2 Å². The van der Waals surface area contributed by atoms with Crippen LogP contribution in [0.3, 0.4) is 0 Å². The van der Waals surface area contributed by atoms with Gasteiger partial charge in [-0.25, -0.2) is 4.79 Å². The van der Waals surface area contributed by atoms with Crippen molar-refractivity contribution in [2.24, 2.45) is 18.7 Å². The molecule has 178 valence electrons. The Morgan fingerprint density at radius 1 is 1.06 bits per heavy atom. The van der Waals surface area contributed by atoms with Crippen molar-refractivity contribution < 1.29 is 19.5 Å². The van der Waals surface area contributed by atoms with Crippen LogP contribution in [0.4, 0.5) is 5.69 Å². The van der Waals surface area contributed by atoms with Crippen LogP contribution in [-0.4, -0.2) is 40.5 Å². The van der Waals surface area contributed by atoms with Gasteiger partial charge in [0.2, 0.25) is 11.8 Å². The molecule has 5 N–H and O–H groups in total. The number of benzene rings is 2. The van der Waals surface area contributed by atoms with Crippen LogP contribution >= 0.6 is 0 Å². The number of primary amides is 1. The number of carboxylic acids is 1. The molecule has 1 fully saturated rings. The number of carbonyl (C=O) groups excluding carboxylic acids is 2. The highest BCUT2D eigenvalue weighted by Gasteiger charge is 2.53. The second kappa shape index (κ2) is 9.59. The quantitative estimate of drug-likeness (QED) is 0.383. The number of rotatable bonds is 8. The van der Waals surface area contributed by atoms with E-state index in [0.29, 0.717) is 48.8 Å². The van der Waals surface area contributed by atoms with Gasteiger partial charge in [-0.3, -0.25) is 9.59 Å². The third-order valence-electron chi connectivity index (χ3n) is 6.95. The third kappa shape index (κ3) is 4.00. The molecule has 1 aromatic heterocycles. The first kappa shape index (κ1) is 23.4. The highest BCUT2D eigenvalue weighted by atomic mass is 16.4. The van der Waals surface area contributed by atoms with Crippen LogP contribution in [0.15, 0.2) is 54.6 Å². The Kier molecular flexibility index (Phi) is 6.58. The normalized spacial score (nSPS) is 20.1. The largest absolute Gasteiger partial charge is 0.477 e. The fourth-order valence-corrected chi connectivity index (χ4v) is 5.41. The first-order valence-electron chi connectivity index (χ1n) is 11.6. The molecular weight excluding hydrogens is 432 g/mol. The van der Waals surface area contributed by atoms with Gasteiger partial charge in [0.05, 0.1) is 11.3 Å². The molecule has 0 saturated heterocycles. The number of carbonyl (C=O) groups is 3. The maximum absolute atomic E-state index is 13.4. The summed E-state index contributed by atoms with van der Waals surface area (Å²) in [7, 11) is 1.66. The van der Waals surface area contributed by atoms with E-state index in [1.54, 1.807) is 23.7 Å². The summed E-state index contributed by atoms with van der Waals surface area (Å²) in [5.74, 6) is -2.84. The summed E-state index contributed by atoms with van der Waals surface area (Å²) < 4.78 is 1.57. The molecule has 2 amide bonds. The van der Waals surface area contributed by atoms with Gasteiger partial charge in [-0.2, -0.15) is 0 Å². The lowest BCUT2D eigenvalue weighted by molar-refractivity contribution is -0.137. The average molecular weight is 463 g/mol. The zero-order chi connectivity index (χ0) is 24.3. The molecule has 0 bridgehead atoms. The van der Waals surface area contributed by atoms with Crippen molar-refractivity contribution in [3.63, 3.8) is 0 Å². The highest BCUT2D eigenvalue weighted by Crippen LogP contribution is 2.48. The first-order chi connectivity index (χ1) is 16.4. The maximum Gasteiger partial charge on any atom is 0.352 e. The van der Waals surface area contributed by atoms with Gasteiger partial charge in [0.1, 0.15) is 5.69 Å². The number of nitrogens with zero attached hydrogens (tertiary/aromatic N) is 1. The van der Waals surface area contributed by atoms with Crippen molar-refractivity contribution in [1.29, 1.82) is 0 Å². The van der Waals surface area contributed by atoms with Crippen LogP contribution in [0, 0.1) is 5.92 Å². The molecule has 0 aliphatic heterocycles. The van der Waals surface area contributed by atoms with Crippen LogP contribution < -0.4 is 16.4 Å². The number of para-hydroxylation sites is 2. The molecule has 8 heteroatoms. The Morgan fingerprint density at radius 2 is 1.76 bits per heavy atom. The van der Waals surface area contributed by atoms with E-state index in [9.17, 15) is 19.5 Å². The Labute approximate surface area is 198 Å². The van der Waals surface area contributed by atoms with Crippen molar-refractivity contribution >= 4 is 34.4 Å². The summed E-state index contributed by atoms with van der Waals surface area (Å²) in [4.78, 5) is 38.9. The van der Waals surface area contributed by atoms with Gasteiger partial charge < -0.3 is 26.0 Å². The van der Waals surface area contributed by atoms with Crippen molar-refractivity contribution in [2.75, 3.05) is 18.4 Å². The number of aromatic nitrogens is 1. The number of hydrogen-bond acceptors (Lipinski definition) is 4. The highest BCUT2D eigenvalue weighted by molar-refractivity contribution is 6.05. The summed E-state index contributed by atoms with van der Waals surface area (Å²) in [6.07, 6.45) is 2.24. The molecule has 2 aromatic carbocycles. The number of aryl methyl sites for hydroxylation is 1. The molecule has 1 heterocycles. The molecule has 0 radical (unpaired) electrons. The lowest BCUT2D eigenvalue weighted by Crippen LogP contribution is -2.55. The van der Waals surface area contributed by atoms with E-state index in [1.807, 2.05) is 42.5 Å².